The molecule has 2 atom stereocenters. The molecule has 1 aromatic rings. The van der Waals surface area contributed by atoms with Crippen molar-refractivity contribution in [3.05, 3.63) is 22.3 Å². The lowest BCUT2D eigenvalue weighted by molar-refractivity contribution is -0.145. The van der Waals surface area contributed by atoms with Crippen molar-refractivity contribution in [2.75, 3.05) is 5.32 Å². The van der Waals surface area contributed by atoms with Crippen molar-refractivity contribution in [3.63, 3.8) is 0 Å². The third-order valence-electron chi connectivity index (χ3n) is 3.44. The van der Waals surface area contributed by atoms with Crippen LogP contribution in [0.1, 0.15) is 25.0 Å². The van der Waals surface area contributed by atoms with Crippen LogP contribution in [0.5, 0.6) is 0 Å². The molecule has 1 aliphatic carbocycles. The normalized spacial score (nSPS) is 22.2. The Morgan fingerprint density at radius 3 is 2.68 bits per heavy atom. The Labute approximate surface area is 119 Å². The van der Waals surface area contributed by atoms with Crippen molar-refractivity contribution >= 4 is 33.6 Å². The van der Waals surface area contributed by atoms with Gasteiger partial charge in [-0.2, -0.15) is 0 Å². The van der Waals surface area contributed by atoms with Gasteiger partial charge in [0.25, 0.3) is 0 Å². The Kier molecular flexibility index (Phi) is 4.19. The maximum atomic E-state index is 12.1. The Balaban J connectivity index is 2.08. The second-order valence-corrected chi connectivity index (χ2v) is 5.59. The van der Waals surface area contributed by atoms with E-state index in [0.717, 1.165) is 16.6 Å². The molecule has 6 heteroatoms. The topological polar surface area (TPSA) is 79.3 Å². The van der Waals surface area contributed by atoms with Crippen LogP contribution in [0.15, 0.2) is 16.6 Å². The molecule has 0 saturated heterocycles. The average Bonchev–Trinajstić information content (AvgIpc) is 2.83. The van der Waals surface area contributed by atoms with Crippen molar-refractivity contribution in [1.82, 2.24) is 4.98 Å². The van der Waals surface area contributed by atoms with Crippen LogP contribution in [0, 0.1) is 18.8 Å². The summed E-state index contributed by atoms with van der Waals surface area (Å²) in [6, 6.07) is 3.50. The van der Waals surface area contributed by atoms with Crippen LogP contribution in [0.25, 0.3) is 0 Å². The molecule has 0 aromatic carbocycles. The van der Waals surface area contributed by atoms with E-state index in [2.05, 4.69) is 26.2 Å². The quantitative estimate of drug-likeness (QED) is 0.894. The molecule has 0 spiro atoms. The number of carboxylic acid groups (broad SMARTS) is 1. The van der Waals surface area contributed by atoms with E-state index >= 15 is 0 Å². The summed E-state index contributed by atoms with van der Waals surface area (Å²) in [7, 11) is 0. The highest BCUT2D eigenvalue weighted by atomic mass is 79.9. The first-order chi connectivity index (χ1) is 8.99. The Hall–Kier alpha value is -1.43. The van der Waals surface area contributed by atoms with Crippen LogP contribution >= 0.6 is 15.9 Å². The molecule has 19 heavy (non-hydrogen) atoms. The number of pyridine rings is 1. The van der Waals surface area contributed by atoms with Gasteiger partial charge in [0.05, 0.1) is 17.5 Å². The van der Waals surface area contributed by atoms with Crippen molar-refractivity contribution < 1.29 is 14.7 Å². The van der Waals surface area contributed by atoms with Gasteiger partial charge in [-0.15, -0.1) is 0 Å². The van der Waals surface area contributed by atoms with Gasteiger partial charge in [-0.25, -0.2) is 4.98 Å². The van der Waals surface area contributed by atoms with Crippen LogP contribution in [0.4, 0.5) is 5.82 Å². The van der Waals surface area contributed by atoms with Crippen LogP contribution in [0.3, 0.4) is 0 Å². The zero-order chi connectivity index (χ0) is 14.0. The van der Waals surface area contributed by atoms with Gasteiger partial charge in [-0.3, -0.25) is 9.59 Å². The van der Waals surface area contributed by atoms with Gasteiger partial charge in [-0.1, -0.05) is 6.42 Å². The monoisotopic (exact) mass is 326 g/mol. The molecule has 0 aliphatic heterocycles. The van der Waals surface area contributed by atoms with Crippen molar-refractivity contribution in [3.8, 4) is 0 Å². The maximum Gasteiger partial charge on any atom is 0.307 e. The maximum absolute atomic E-state index is 12.1. The Morgan fingerprint density at radius 1 is 1.37 bits per heavy atom. The van der Waals surface area contributed by atoms with Crippen molar-refractivity contribution in [2.24, 2.45) is 11.8 Å². The largest absolute Gasteiger partial charge is 0.481 e. The molecule has 1 aliphatic rings. The van der Waals surface area contributed by atoms with Crippen LogP contribution in [-0.2, 0) is 9.59 Å². The van der Waals surface area contributed by atoms with Crippen LogP contribution in [-0.4, -0.2) is 22.0 Å². The number of hydrogen-bond acceptors (Lipinski definition) is 3. The standard InChI is InChI=1S/C13H15BrN2O3/c1-7-10(14)5-6-11(15-7)16-12(17)8-3-2-4-9(8)13(18)19/h5-6,8-9H,2-4H2,1H3,(H,18,19)(H,15,16,17). The summed E-state index contributed by atoms with van der Waals surface area (Å²) >= 11 is 3.34. The number of carboxylic acids is 1. The number of aromatic nitrogens is 1. The van der Waals surface area contributed by atoms with Crippen LogP contribution in [0.2, 0.25) is 0 Å². The van der Waals surface area contributed by atoms with Gasteiger partial charge in [0.2, 0.25) is 5.91 Å². The minimum Gasteiger partial charge on any atom is -0.481 e. The lowest BCUT2D eigenvalue weighted by Gasteiger charge is -2.15. The molecular formula is C13H15BrN2O3. The first kappa shape index (κ1) is 14.0. The van der Waals surface area contributed by atoms with Crippen molar-refractivity contribution in [1.29, 1.82) is 0 Å². The number of carbonyl (C=O) groups excluding carboxylic acids is 1. The summed E-state index contributed by atoms with van der Waals surface area (Å²) < 4.78 is 0.870. The number of rotatable bonds is 3. The van der Waals surface area contributed by atoms with E-state index in [4.69, 9.17) is 5.11 Å². The predicted octanol–water partition coefficient (Wildman–Crippen LogP) is 2.59. The molecule has 2 rings (SSSR count). The fourth-order valence-corrected chi connectivity index (χ4v) is 2.62. The number of hydrogen-bond donors (Lipinski definition) is 2. The van der Waals surface area contributed by atoms with Gasteiger partial charge in [0, 0.05) is 4.47 Å². The second kappa shape index (κ2) is 5.69. The molecule has 102 valence electrons. The molecule has 1 heterocycles. The SMILES string of the molecule is Cc1nc(NC(=O)C2CCCC2C(=O)O)ccc1Br. The number of carbonyl (C=O) groups is 2. The smallest absolute Gasteiger partial charge is 0.307 e. The number of anilines is 1. The molecule has 1 aromatic heterocycles. The van der Waals surface area contributed by atoms with E-state index in [1.807, 2.05) is 6.92 Å². The van der Waals surface area contributed by atoms with E-state index in [9.17, 15) is 9.59 Å². The van der Waals surface area contributed by atoms with Gasteiger partial charge in [0.15, 0.2) is 0 Å². The zero-order valence-corrected chi connectivity index (χ0v) is 12.1. The lowest BCUT2D eigenvalue weighted by atomic mass is 9.95. The summed E-state index contributed by atoms with van der Waals surface area (Å²) in [6.07, 6.45) is 1.97. The minimum absolute atomic E-state index is 0.251. The highest BCUT2D eigenvalue weighted by Gasteiger charge is 2.37. The number of amides is 1. The number of halogens is 1. The highest BCUT2D eigenvalue weighted by molar-refractivity contribution is 9.10. The molecule has 1 fully saturated rings. The molecule has 2 N–H and O–H groups in total. The highest BCUT2D eigenvalue weighted by Crippen LogP contribution is 2.32. The van der Waals surface area contributed by atoms with E-state index in [-0.39, 0.29) is 5.91 Å². The molecule has 1 amide bonds. The third kappa shape index (κ3) is 3.12. The van der Waals surface area contributed by atoms with E-state index < -0.39 is 17.8 Å². The Morgan fingerprint density at radius 2 is 2.05 bits per heavy atom. The fourth-order valence-electron chi connectivity index (χ4n) is 2.40. The molecule has 0 radical (unpaired) electrons. The van der Waals surface area contributed by atoms with Gasteiger partial charge < -0.3 is 10.4 Å². The summed E-state index contributed by atoms with van der Waals surface area (Å²) in [5, 5.41) is 11.8. The molecule has 0 bridgehead atoms. The number of nitrogens with one attached hydrogen (secondary N) is 1. The molecule has 5 nitrogen and oxygen atoms in total. The first-order valence-corrected chi connectivity index (χ1v) is 6.95. The summed E-state index contributed by atoms with van der Waals surface area (Å²) in [5.41, 5.74) is 0.777. The zero-order valence-electron chi connectivity index (χ0n) is 10.5. The van der Waals surface area contributed by atoms with Gasteiger partial charge in [0.1, 0.15) is 5.82 Å². The van der Waals surface area contributed by atoms with Crippen molar-refractivity contribution in [2.45, 2.75) is 26.2 Å². The lowest BCUT2D eigenvalue weighted by Crippen LogP contribution is -2.30. The van der Waals surface area contributed by atoms with Gasteiger partial charge >= 0.3 is 5.97 Å². The molecular weight excluding hydrogens is 312 g/mol. The van der Waals surface area contributed by atoms with E-state index in [1.54, 1.807) is 12.1 Å². The first-order valence-electron chi connectivity index (χ1n) is 6.16. The predicted molar refractivity (Wildman–Crippen MR) is 73.8 cm³/mol. The minimum atomic E-state index is -0.891. The Bertz CT molecular complexity index is 519. The number of nitrogens with zero attached hydrogens (tertiary/aromatic N) is 1. The molecule has 2 unspecified atom stereocenters. The summed E-state index contributed by atoms with van der Waals surface area (Å²) in [4.78, 5) is 27.4. The van der Waals surface area contributed by atoms with Gasteiger partial charge in [-0.05, 0) is 47.8 Å². The fraction of sp³-hybridized carbons (Fsp3) is 0.462. The summed E-state index contributed by atoms with van der Waals surface area (Å²) in [5.74, 6) is -1.71. The van der Waals surface area contributed by atoms with Crippen LogP contribution < -0.4 is 5.32 Å². The van der Waals surface area contributed by atoms with E-state index in [1.165, 1.54) is 0 Å². The number of aliphatic carboxylic acids is 1. The number of aryl methyl sites for hydroxylation is 1. The van der Waals surface area contributed by atoms with E-state index in [0.29, 0.717) is 18.7 Å². The third-order valence-corrected chi connectivity index (χ3v) is 4.28. The molecule has 1 saturated carbocycles. The second-order valence-electron chi connectivity index (χ2n) is 4.74. The summed E-state index contributed by atoms with van der Waals surface area (Å²) in [6.45, 7) is 1.83. The average molecular weight is 327 g/mol.